The van der Waals surface area contributed by atoms with Gasteiger partial charge in [0.05, 0.1) is 17.6 Å². The number of phosphoric ester groups is 1. The second kappa shape index (κ2) is 26.7. The van der Waals surface area contributed by atoms with Crippen molar-refractivity contribution in [2.45, 2.75) is 130 Å². The zero-order valence-electron chi connectivity index (χ0n) is 41.9. The zero-order chi connectivity index (χ0) is 53.6. The molecule has 22 nitrogen and oxygen atoms in total. The number of carboxylic acids is 1. The molecule has 1 fully saturated rings. The number of phosphoric acid groups is 1. The van der Waals surface area contributed by atoms with Crippen LogP contribution in [0.4, 0.5) is 10.5 Å². The van der Waals surface area contributed by atoms with E-state index in [1.165, 1.54) is 37.4 Å². The number of likely N-dealkylation sites (tertiary alicyclic amines) is 1. The lowest BCUT2D eigenvalue weighted by atomic mass is 9.83. The molecule has 72 heavy (non-hydrogen) atoms. The van der Waals surface area contributed by atoms with Gasteiger partial charge < -0.3 is 34.6 Å². The second-order valence-electron chi connectivity index (χ2n) is 18.7. The molecule has 7 atom stereocenters. The number of ether oxygens (including phenoxy) is 2. The fourth-order valence-electron chi connectivity index (χ4n) is 8.74. The Labute approximate surface area is 422 Å². The number of amides is 5. The number of thiazole rings is 1. The van der Waals surface area contributed by atoms with Gasteiger partial charge >= 0.3 is 25.9 Å². The largest absolute Gasteiger partial charge is 0.529 e. The molecule has 5 N–H and O–H groups in total. The average Bonchev–Trinajstić information content (AvgIpc) is 3.92. The Morgan fingerprint density at radius 3 is 2.29 bits per heavy atom. The van der Waals surface area contributed by atoms with E-state index in [1.54, 1.807) is 11.9 Å². The lowest BCUT2D eigenvalue weighted by Crippen LogP contribution is -2.48. The molecule has 1 aromatic heterocycles. The highest BCUT2D eigenvalue weighted by atomic mass is 32.1. The van der Waals surface area contributed by atoms with E-state index in [0.717, 1.165) is 54.2 Å². The fourth-order valence-corrected chi connectivity index (χ4v) is 9.81. The van der Waals surface area contributed by atoms with Crippen molar-refractivity contribution in [2.24, 2.45) is 23.7 Å². The number of carboxylic acid groups (broad SMARTS) is 1. The molecule has 0 radical (unpaired) electrons. The van der Waals surface area contributed by atoms with Crippen LogP contribution in [-0.4, -0.2) is 133 Å². The van der Waals surface area contributed by atoms with Crippen molar-refractivity contribution in [3.63, 3.8) is 0 Å². The molecule has 4 rings (SSSR count). The number of carbonyl (C=O) groups is 9. The number of imide groups is 1. The Balaban J connectivity index is 1.56. The highest BCUT2D eigenvalue weighted by molar-refractivity contribution is 7.46. The van der Waals surface area contributed by atoms with Gasteiger partial charge in [0, 0.05) is 75.3 Å². The first-order valence-electron chi connectivity index (χ1n) is 23.9. The number of nitrogens with zero attached hydrogens (tertiary/aromatic N) is 4. The SMILES string of the molecule is CC[C@H](C)C(CC(=O)[C@H]1CCCCN1C)C(=O)N(C)[C@H](C[C@@H](OC(C)=O)c1nc(C(=O)N[C@@H](Cc2ccc(OC(=O)OP(=O)(O)O)c(NC(=O)CCCN3C(=O)C=CC3=O)c2)CC(C)C(=O)O)cs1)C(C)C. The molecule has 1 saturated heterocycles. The summed E-state index contributed by atoms with van der Waals surface area (Å²) in [5.41, 5.74) is 0.0919. The second-order valence-corrected chi connectivity index (χ2v) is 20.8. The van der Waals surface area contributed by atoms with Gasteiger partial charge in [0.15, 0.2) is 17.6 Å². The smallest absolute Gasteiger partial charge is 0.481 e. The summed E-state index contributed by atoms with van der Waals surface area (Å²) in [7, 11) is -1.72. The minimum absolute atomic E-state index is 0.0396. The van der Waals surface area contributed by atoms with E-state index in [4.69, 9.17) is 19.3 Å². The topological polar surface area (TPSA) is 306 Å². The minimum Gasteiger partial charge on any atom is -0.481 e. The van der Waals surface area contributed by atoms with Gasteiger partial charge in [-0.3, -0.25) is 57.9 Å². The maximum Gasteiger partial charge on any atom is 0.529 e. The van der Waals surface area contributed by atoms with Crippen LogP contribution < -0.4 is 15.4 Å². The molecule has 0 saturated carbocycles. The van der Waals surface area contributed by atoms with E-state index < -0.39 is 85.3 Å². The first-order chi connectivity index (χ1) is 33.8. The van der Waals surface area contributed by atoms with Crippen LogP contribution >= 0.6 is 19.2 Å². The van der Waals surface area contributed by atoms with Crippen molar-refractivity contribution in [1.82, 2.24) is 25.0 Å². The maximum atomic E-state index is 14.4. The predicted octanol–water partition coefficient (Wildman–Crippen LogP) is 5.43. The van der Waals surface area contributed by atoms with Crippen LogP contribution in [0.1, 0.15) is 126 Å². The highest BCUT2D eigenvalue weighted by Crippen LogP contribution is 2.38. The molecule has 2 aliphatic rings. The molecular formula is C48H67N6O16PS. The van der Waals surface area contributed by atoms with E-state index >= 15 is 0 Å². The maximum absolute atomic E-state index is 14.4. The molecule has 24 heteroatoms. The molecule has 1 aromatic carbocycles. The molecule has 0 bridgehead atoms. The lowest BCUT2D eigenvalue weighted by molar-refractivity contribution is -0.150. The molecule has 2 aromatic rings. The third-order valence-electron chi connectivity index (χ3n) is 12.9. The number of hydrogen-bond donors (Lipinski definition) is 5. The standard InChI is InChI=1S/C48H67N6O16PS/c1-9-28(4)33(24-38(56)36-13-10-11-19-52(36)7)46(61)53(8)37(27(2)3)25-40(68-30(6)55)45-51-35(26-72-45)44(60)49-32(21-29(5)47(62)63)22-31-15-16-39(69-48(64)70-71(65,66)67)34(23-31)50-41(57)14-12-20-54-42(58)17-18-43(54)59/h15-18,23,26-29,32-33,36-37,40H,9-14,19-22,24-25H2,1-8H3,(H,49,60)(H,50,57)(H,62,63)(H2,65,66,67)/t28-,29?,32+,33?,36+,37+,40+/m0/s1. The Kier molecular flexibility index (Phi) is 21.8. The Morgan fingerprint density at radius 2 is 1.69 bits per heavy atom. The predicted molar refractivity (Wildman–Crippen MR) is 261 cm³/mol. The summed E-state index contributed by atoms with van der Waals surface area (Å²) in [6.07, 6.45) is 2.63. The number of ketones is 1. The third-order valence-corrected chi connectivity index (χ3v) is 14.2. The van der Waals surface area contributed by atoms with E-state index in [9.17, 15) is 52.8 Å². The van der Waals surface area contributed by atoms with Gasteiger partial charge in [-0.1, -0.05) is 53.5 Å². The number of Topliss-reactive ketones (excluding diaryl/α,β-unsaturated/α-hetero) is 1. The van der Waals surface area contributed by atoms with Crippen LogP contribution in [0.15, 0.2) is 35.7 Å². The summed E-state index contributed by atoms with van der Waals surface area (Å²) in [6.45, 7) is 11.2. The average molecular weight is 1050 g/mol. The molecule has 5 amide bonds. The minimum atomic E-state index is -5.34. The van der Waals surface area contributed by atoms with Crippen LogP contribution in [0.5, 0.6) is 5.75 Å². The van der Waals surface area contributed by atoms with E-state index in [-0.39, 0.29) is 91.0 Å². The first-order valence-corrected chi connectivity index (χ1v) is 26.3. The lowest BCUT2D eigenvalue weighted by Gasteiger charge is -2.37. The Bertz CT molecular complexity index is 2390. The Hall–Kier alpha value is -5.87. The van der Waals surface area contributed by atoms with Crippen LogP contribution in [0, 0.1) is 23.7 Å². The molecule has 396 valence electrons. The molecule has 3 heterocycles. The quantitative estimate of drug-likeness (QED) is 0.0339. The van der Waals surface area contributed by atoms with Crippen molar-refractivity contribution < 1.29 is 76.6 Å². The van der Waals surface area contributed by atoms with Gasteiger partial charge in [0.1, 0.15) is 10.7 Å². The number of hydrogen-bond acceptors (Lipinski definition) is 16. The summed E-state index contributed by atoms with van der Waals surface area (Å²) in [5.74, 6) is -6.61. The number of piperidine rings is 1. The number of benzene rings is 1. The number of nitrogens with one attached hydrogen (secondary N) is 2. The number of esters is 1. The van der Waals surface area contributed by atoms with Crippen molar-refractivity contribution in [3.05, 3.63) is 52.0 Å². The monoisotopic (exact) mass is 1050 g/mol. The number of aliphatic carboxylic acids is 1. The van der Waals surface area contributed by atoms with Crippen LogP contribution in [0.25, 0.3) is 0 Å². The summed E-state index contributed by atoms with van der Waals surface area (Å²) in [6, 6.07) is 2.26. The van der Waals surface area contributed by atoms with Crippen molar-refractivity contribution in [2.75, 3.05) is 32.5 Å². The summed E-state index contributed by atoms with van der Waals surface area (Å²) < 4.78 is 26.1. The Morgan fingerprint density at radius 1 is 1.01 bits per heavy atom. The van der Waals surface area contributed by atoms with Gasteiger partial charge in [-0.15, -0.1) is 11.3 Å². The van der Waals surface area contributed by atoms with Crippen LogP contribution in [0.3, 0.4) is 0 Å². The van der Waals surface area contributed by atoms with Gasteiger partial charge in [-0.2, -0.15) is 0 Å². The van der Waals surface area contributed by atoms with E-state index in [2.05, 4.69) is 25.0 Å². The number of aromatic nitrogens is 1. The zero-order valence-corrected chi connectivity index (χ0v) is 43.6. The number of anilines is 1. The number of carbonyl (C=O) groups excluding carboxylic acids is 8. The molecule has 2 unspecified atom stereocenters. The van der Waals surface area contributed by atoms with Gasteiger partial charge in [-0.25, -0.2) is 14.3 Å². The van der Waals surface area contributed by atoms with E-state index in [0.29, 0.717) is 12.0 Å². The molecule has 0 aliphatic carbocycles. The van der Waals surface area contributed by atoms with Crippen molar-refractivity contribution in [1.29, 1.82) is 0 Å². The van der Waals surface area contributed by atoms with Gasteiger partial charge in [-0.05, 0) is 75.2 Å². The van der Waals surface area contributed by atoms with Crippen molar-refractivity contribution >= 4 is 78.3 Å². The highest BCUT2D eigenvalue weighted by Gasteiger charge is 2.38. The van der Waals surface area contributed by atoms with Gasteiger partial charge in [0.2, 0.25) is 11.8 Å². The third kappa shape index (κ3) is 17.4. The summed E-state index contributed by atoms with van der Waals surface area (Å²) in [4.78, 5) is 143. The summed E-state index contributed by atoms with van der Waals surface area (Å²) >= 11 is 1.05. The van der Waals surface area contributed by atoms with Crippen LogP contribution in [0.2, 0.25) is 0 Å². The molecule has 2 aliphatic heterocycles. The van der Waals surface area contributed by atoms with Crippen molar-refractivity contribution in [3.8, 4) is 5.75 Å². The van der Waals surface area contributed by atoms with Gasteiger partial charge in [0.25, 0.3) is 17.7 Å². The van der Waals surface area contributed by atoms with Crippen LogP contribution in [-0.2, 0) is 53.8 Å². The number of likely N-dealkylation sites (N-methyl/N-ethyl adjacent to an activating group) is 1. The fraction of sp³-hybridized carbons (Fsp3) is 0.583. The first kappa shape index (κ1) is 58.7. The molecular weight excluding hydrogens is 980 g/mol. The number of rotatable bonds is 26. The normalized spacial score (nSPS) is 17.6. The molecule has 0 spiro atoms. The van der Waals surface area contributed by atoms with E-state index in [1.807, 2.05) is 34.7 Å². The summed E-state index contributed by atoms with van der Waals surface area (Å²) in [5, 5.41) is 16.9.